The van der Waals surface area contributed by atoms with Crippen LogP contribution in [0.5, 0.6) is 0 Å². The van der Waals surface area contributed by atoms with E-state index in [0.717, 1.165) is 22.2 Å². The summed E-state index contributed by atoms with van der Waals surface area (Å²) >= 11 is 0. The van der Waals surface area contributed by atoms with Crippen LogP contribution in [0.2, 0.25) is 0 Å². The van der Waals surface area contributed by atoms with Gasteiger partial charge in [-0.3, -0.25) is 9.78 Å². The van der Waals surface area contributed by atoms with Gasteiger partial charge in [-0.1, -0.05) is 11.6 Å². The standard InChI is InChI=1S/C18H20N4O/c1-12-4-5-17-15(8-12)16(9-13(2)21-17)18(23)20-10-14(3)22-7-6-19-11-22/h4-9,11,14H,10H2,1-3H3,(H,20,23). The molecule has 5 nitrogen and oxygen atoms in total. The van der Waals surface area contributed by atoms with Gasteiger partial charge in [0.1, 0.15) is 0 Å². The zero-order chi connectivity index (χ0) is 16.4. The lowest BCUT2D eigenvalue weighted by molar-refractivity contribution is 0.0950. The molecule has 1 unspecified atom stereocenters. The molecule has 1 atom stereocenters. The molecule has 0 saturated heterocycles. The van der Waals surface area contributed by atoms with Crippen molar-refractivity contribution in [3.8, 4) is 0 Å². The monoisotopic (exact) mass is 308 g/mol. The molecule has 2 aromatic heterocycles. The van der Waals surface area contributed by atoms with Gasteiger partial charge in [0.05, 0.1) is 17.4 Å². The Hall–Kier alpha value is -2.69. The number of carbonyl (C=O) groups is 1. The van der Waals surface area contributed by atoms with Crippen LogP contribution >= 0.6 is 0 Å². The van der Waals surface area contributed by atoms with Crippen LogP contribution in [0, 0.1) is 13.8 Å². The van der Waals surface area contributed by atoms with Gasteiger partial charge in [0, 0.05) is 36.1 Å². The fraction of sp³-hybridized carbons (Fsp3) is 0.278. The van der Waals surface area contributed by atoms with Gasteiger partial charge in [-0.25, -0.2) is 4.98 Å². The number of aryl methyl sites for hydroxylation is 2. The Balaban J connectivity index is 1.84. The minimum atomic E-state index is -0.0712. The summed E-state index contributed by atoms with van der Waals surface area (Å²) in [5.41, 5.74) is 3.48. The maximum atomic E-state index is 12.6. The molecule has 0 fully saturated rings. The average molecular weight is 308 g/mol. The molecule has 0 spiro atoms. The van der Waals surface area contributed by atoms with E-state index in [1.54, 1.807) is 12.5 Å². The fourth-order valence-electron chi connectivity index (χ4n) is 2.63. The van der Waals surface area contributed by atoms with Gasteiger partial charge < -0.3 is 9.88 Å². The second kappa shape index (κ2) is 6.20. The van der Waals surface area contributed by atoms with Crippen LogP contribution in [0.4, 0.5) is 0 Å². The molecular weight excluding hydrogens is 288 g/mol. The van der Waals surface area contributed by atoms with E-state index in [4.69, 9.17) is 0 Å². The van der Waals surface area contributed by atoms with Gasteiger partial charge in [-0.2, -0.15) is 0 Å². The second-order valence-corrected chi connectivity index (χ2v) is 5.90. The molecule has 0 aliphatic carbocycles. The predicted molar refractivity (Wildman–Crippen MR) is 90.5 cm³/mol. The van der Waals surface area contributed by atoms with E-state index in [1.165, 1.54) is 0 Å². The number of nitrogens with zero attached hydrogens (tertiary/aromatic N) is 3. The first kappa shape index (κ1) is 15.2. The van der Waals surface area contributed by atoms with Crippen LogP contribution in [0.15, 0.2) is 43.0 Å². The van der Waals surface area contributed by atoms with E-state index in [1.807, 2.05) is 55.8 Å². The third-order valence-electron chi connectivity index (χ3n) is 3.93. The second-order valence-electron chi connectivity index (χ2n) is 5.90. The lowest BCUT2D eigenvalue weighted by atomic mass is 10.0. The quantitative estimate of drug-likeness (QED) is 0.806. The van der Waals surface area contributed by atoms with Crippen molar-refractivity contribution < 1.29 is 4.79 Å². The summed E-state index contributed by atoms with van der Waals surface area (Å²) in [6.45, 7) is 6.51. The Kier molecular flexibility index (Phi) is 4.10. The highest BCUT2D eigenvalue weighted by atomic mass is 16.1. The Morgan fingerprint density at radius 3 is 2.87 bits per heavy atom. The average Bonchev–Trinajstić information content (AvgIpc) is 3.06. The van der Waals surface area contributed by atoms with Gasteiger partial charge in [-0.15, -0.1) is 0 Å². The van der Waals surface area contributed by atoms with Crippen molar-refractivity contribution in [2.24, 2.45) is 0 Å². The number of hydrogen-bond acceptors (Lipinski definition) is 3. The highest BCUT2D eigenvalue weighted by Gasteiger charge is 2.13. The topological polar surface area (TPSA) is 59.8 Å². The van der Waals surface area contributed by atoms with Crippen molar-refractivity contribution in [3.05, 3.63) is 59.8 Å². The minimum Gasteiger partial charge on any atom is -0.350 e. The first-order valence-corrected chi connectivity index (χ1v) is 7.68. The number of rotatable bonds is 4. The summed E-state index contributed by atoms with van der Waals surface area (Å²) in [5, 5.41) is 3.90. The lowest BCUT2D eigenvalue weighted by Gasteiger charge is -2.15. The zero-order valence-electron chi connectivity index (χ0n) is 13.6. The number of imidazole rings is 1. The molecule has 0 saturated carbocycles. The van der Waals surface area contributed by atoms with Gasteiger partial charge in [0.2, 0.25) is 0 Å². The largest absolute Gasteiger partial charge is 0.350 e. The van der Waals surface area contributed by atoms with Crippen molar-refractivity contribution in [1.29, 1.82) is 0 Å². The molecule has 0 radical (unpaired) electrons. The fourth-order valence-corrected chi connectivity index (χ4v) is 2.63. The molecule has 1 N–H and O–H groups in total. The Bertz CT molecular complexity index is 840. The van der Waals surface area contributed by atoms with Crippen molar-refractivity contribution in [2.75, 3.05) is 6.54 Å². The van der Waals surface area contributed by atoms with E-state index < -0.39 is 0 Å². The summed E-state index contributed by atoms with van der Waals surface area (Å²) < 4.78 is 1.97. The number of amides is 1. The normalized spacial score (nSPS) is 12.3. The molecule has 0 bridgehead atoms. The van der Waals surface area contributed by atoms with Crippen molar-refractivity contribution >= 4 is 16.8 Å². The number of carbonyl (C=O) groups excluding carboxylic acids is 1. The van der Waals surface area contributed by atoms with Gasteiger partial charge >= 0.3 is 0 Å². The maximum absolute atomic E-state index is 12.6. The molecular formula is C18H20N4O. The minimum absolute atomic E-state index is 0.0712. The number of hydrogen-bond donors (Lipinski definition) is 1. The van der Waals surface area contributed by atoms with Crippen molar-refractivity contribution in [2.45, 2.75) is 26.8 Å². The predicted octanol–water partition coefficient (Wildman–Crippen LogP) is 3.04. The van der Waals surface area contributed by atoms with Gasteiger partial charge in [0.15, 0.2) is 0 Å². The number of nitrogens with one attached hydrogen (secondary N) is 1. The number of fused-ring (bicyclic) bond motifs is 1. The number of aromatic nitrogens is 3. The van der Waals surface area contributed by atoms with Crippen LogP contribution in [-0.4, -0.2) is 27.0 Å². The van der Waals surface area contributed by atoms with Gasteiger partial charge in [-0.05, 0) is 39.0 Å². The zero-order valence-corrected chi connectivity index (χ0v) is 13.6. The molecule has 118 valence electrons. The smallest absolute Gasteiger partial charge is 0.252 e. The molecule has 2 heterocycles. The summed E-state index contributed by atoms with van der Waals surface area (Å²) in [4.78, 5) is 21.2. The van der Waals surface area contributed by atoms with Crippen LogP contribution in [0.25, 0.3) is 10.9 Å². The third-order valence-corrected chi connectivity index (χ3v) is 3.93. The molecule has 1 aromatic carbocycles. The summed E-state index contributed by atoms with van der Waals surface area (Å²) in [6.07, 6.45) is 5.39. The third kappa shape index (κ3) is 3.23. The Morgan fingerprint density at radius 2 is 2.13 bits per heavy atom. The van der Waals surface area contributed by atoms with Crippen LogP contribution in [0.1, 0.15) is 34.6 Å². The molecule has 5 heteroatoms. The summed E-state index contributed by atoms with van der Waals surface area (Å²) in [7, 11) is 0. The lowest BCUT2D eigenvalue weighted by Crippen LogP contribution is -2.29. The maximum Gasteiger partial charge on any atom is 0.252 e. The Morgan fingerprint density at radius 1 is 1.30 bits per heavy atom. The SMILES string of the molecule is Cc1ccc2nc(C)cc(C(=O)NCC(C)n3ccnc3)c2c1. The first-order chi connectivity index (χ1) is 11.0. The first-order valence-electron chi connectivity index (χ1n) is 7.68. The van der Waals surface area contributed by atoms with Crippen molar-refractivity contribution in [3.63, 3.8) is 0 Å². The van der Waals surface area contributed by atoms with Gasteiger partial charge in [0.25, 0.3) is 5.91 Å². The highest BCUT2D eigenvalue weighted by Crippen LogP contribution is 2.20. The molecule has 0 aliphatic heterocycles. The Labute approximate surface area is 135 Å². The molecule has 3 aromatic rings. The van der Waals surface area contributed by atoms with E-state index in [9.17, 15) is 4.79 Å². The van der Waals surface area contributed by atoms with Crippen LogP contribution in [-0.2, 0) is 0 Å². The van der Waals surface area contributed by atoms with E-state index in [2.05, 4.69) is 15.3 Å². The molecule has 0 aliphatic rings. The van der Waals surface area contributed by atoms with E-state index >= 15 is 0 Å². The number of pyridine rings is 1. The highest BCUT2D eigenvalue weighted by molar-refractivity contribution is 6.06. The molecule has 3 rings (SSSR count). The van der Waals surface area contributed by atoms with Crippen LogP contribution < -0.4 is 5.32 Å². The molecule has 1 amide bonds. The van der Waals surface area contributed by atoms with E-state index in [0.29, 0.717) is 12.1 Å². The number of benzene rings is 1. The van der Waals surface area contributed by atoms with E-state index in [-0.39, 0.29) is 11.9 Å². The summed E-state index contributed by atoms with van der Waals surface area (Å²) in [5.74, 6) is -0.0712. The van der Waals surface area contributed by atoms with Crippen LogP contribution in [0.3, 0.4) is 0 Å². The molecule has 23 heavy (non-hydrogen) atoms. The summed E-state index contributed by atoms with van der Waals surface area (Å²) in [6, 6.07) is 7.98. The van der Waals surface area contributed by atoms with Crippen molar-refractivity contribution in [1.82, 2.24) is 19.9 Å².